The number of anilines is 1. The minimum absolute atomic E-state index is 0.0277. The van der Waals surface area contributed by atoms with Crippen LogP contribution in [0.4, 0.5) is 18.9 Å². The monoisotopic (exact) mass is 667 g/mol. The van der Waals surface area contributed by atoms with Gasteiger partial charge in [0.25, 0.3) is 11.5 Å². The summed E-state index contributed by atoms with van der Waals surface area (Å²) in [6.45, 7) is 0. The smallest absolute Gasteiger partial charge is 0.320 e. The molecule has 0 unspecified atom stereocenters. The van der Waals surface area contributed by atoms with Crippen molar-refractivity contribution in [2.45, 2.75) is 6.18 Å². The van der Waals surface area contributed by atoms with Crippen molar-refractivity contribution in [1.29, 1.82) is 5.26 Å². The molecule has 0 saturated heterocycles. The standard InChI is InChI=1S/C35H21ClF3N5O2S/c36-27-16-8-9-17-28(27)41-32(45)25(20-40)34-44(29-18-10-7-15-26(29)35(37,38)39)33(46)30(47-34)19-23-21-43(24-13-5-2-6-14-24)42-31(23)22-11-3-1-4-12-22/h1-19,21H,(H,41,45). The zero-order valence-corrected chi connectivity index (χ0v) is 25.6. The van der Waals surface area contributed by atoms with E-state index in [1.807, 2.05) is 60.7 Å². The summed E-state index contributed by atoms with van der Waals surface area (Å²) in [6.07, 6.45) is -1.65. The van der Waals surface area contributed by atoms with Gasteiger partial charge >= 0.3 is 6.18 Å². The van der Waals surface area contributed by atoms with Crippen molar-refractivity contribution in [3.8, 4) is 28.7 Å². The molecule has 0 aliphatic carbocycles. The number of halogens is 4. The van der Waals surface area contributed by atoms with Crippen LogP contribution in [0.3, 0.4) is 0 Å². The number of hydrogen-bond acceptors (Lipinski definition) is 5. The fraction of sp³-hybridized carbons (Fsp3) is 0.0286. The highest BCUT2D eigenvalue weighted by Crippen LogP contribution is 2.33. The van der Waals surface area contributed by atoms with Crippen molar-refractivity contribution in [3.05, 3.63) is 151 Å². The van der Waals surface area contributed by atoms with E-state index >= 15 is 0 Å². The van der Waals surface area contributed by atoms with Gasteiger partial charge in [-0.05, 0) is 42.5 Å². The van der Waals surface area contributed by atoms with Gasteiger partial charge in [0.05, 0.1) is 37.9 Å². The predicted molar refractivity (Wildman–Crippen MR) is 176 cm³/mol. The van der Waals surface area contributed by atoms with Gasteiger partial charge < -0.3 is 5.32 Å². The Morgan fingerprint density at radius 2 is 1.55 bits per heavy atom. The summed E-state index contributed by atoms with van der Waals surface area (Å²) >= 11 is 6.91. The predicted octanol–water partition coefficient (Wildman–Crippen LogP) is 6.57. The number of nitrogens with zero attached hydrogens (tertiary/aromatic N) is 4. The molecule has 0 atom stereocenters. The van der Waals surface area contributed by atoms with Crippen LogP contribution in [0.1, 0.15) is 11.1 Å². The van der Waals surface area contributed by atoms with Gasteiger partial charge in [-0.3, -0.25) is 14.2 Å². The third kappa shape index (κ3) is 6.37. The van der Waals surface area contributed by atoms with Crippen molar-refractivity contribution in [2.24, 2.45) is 0 Å². The molecule has 0 spiro atoms. The quantitative estimate of drug-likeness (QED) is 0.218. The highest BCUT2D eigenvalue weighted by molar-refractivity contribution is 7.07. The number of amides is 1. The van der Waals surface area contributed by atoms with E-state index in [4.69, 9.17) is 16.7 Å². The van der Waals surface area contributed by atoms with Gasteiger partial charge in [0.1, 0.15) is 10.7 Å². The second kappa shape index (κ2) is 13.0. The molecule has 232 valence electrons. The number of aromatic nitrogens is 3. The van der Waals surface area contributed by atoms with Gasteiger partial charge in [-0.1, -0.05) is 84.4 Å². The van der Waals surface area contributed by atoms with Gasteiger partial charge in [0.2, 0.25) is 0 Å². The first-order valence-corrected chi connectivity index (χ1v) is 15.2. The molecule has 7 nitrogen and oxygen atoms in total. The van der Waals surface area contributed by atoms with Crippen LogP contribution in [0.5, 0.6) is 0 Å². The Kier molecular flexibility index (Phi) is 8.63. The first kappa shape index (κ1) is 31.3. The molecule has 1 N–H and O–H groups in total. The van der Waals surface area contributed by atoms with E-state index in [9.17, 15) is 28.0 Å². The summed E-state index contributed by atoms with van der Waals surface area (Å²) in [7, 11) is 0. The summed E-state index contributed by atoms with van der Waals surface area (Å²) in [5, 5.41) is 17.6. The van der Waals surface area contributed by atoms with Crippen LogP contribution < -0.4 is 20.1 Å². The molecule has 0 radical (unpaired) electrons. The number of thiazole rings is 1. The molecular formula is C35H21ClF3N5O2S. The number of alkyl halides is 3. The fourth-order valence-corrected chi connectivity index (χ4v) is 6.16. The molecule has 2 heterocycles. The molecule has 2 aromatic heterocycles. The van der Waals surface area contributed by atoms with Crippen LogP contribution >= 0.6 is 22.9 Å². The van der Waals surface area contributed by atoms with Gasteiger partial charge in [-0.2, -0.15) is 23.5 Å². The van der Waals surface area contributed by atoms with E-state index in [1.54, 1.807) is 29.1 Å². The molecule has 6 aromatic rings. The minimum Gasteiger partial charge on any atom is -0.320 e. The van der Waals surface area contributed by atoms with Gasteiger partial charge in [-0.25, -0.2) is 4.68 Å². The van der Waals surface area contributed by atoms with E-state index in [1.165, 1.54) is 30.3 Å². The average Bonchev–Trinajstić information content (AvgIpc) is 3.64. The van der Waals surface area contributed by atoms with E-state index in [2.05, 4.69) is 5.32 Å². The Morgan fingerprint density at radius 1 is 0.915 bits per heavy atom. The molecule has 0 fully saturated rings. The third-order valence-electron chi connectivity index (χ3n) is 7.05. The highest BCUT2D eigenvalue weighted by atomic mass is 35.5. The molecule has 1 amide bonds. The number of nitriles is 1. The number of rotatable bonds is 6. The van der Waals surface area contributed by atoms with Crippen LogP contribution in [-0.4, -0.2) is 20.3 Å². The zero-order chi connectivity index (χ0) is 33.1. The van der Waals surface area contributed by atoms with E-state index in [0.29, 0.717) is 11.3 Å². The third-order valence-corrected chi connectivity index (χ3v) is 8.47. The molecule has 4 aromatic carbocycles. The molecule has 6 rings (SSSR count). The van der Waals surface area contributed by atoms with Crippen LogP contribution in [0.15, 0.2) is 120 Å². The number of para-hydroxylation sites is 3. The van der Waals surface area contributed by atoms with E-state index in [-0.39, 0.29) is 19.9 Å². The molecule has 0 saturated carbocycles. The second-order valence-electron chi connectivity index (χ2n) is 10.1. The molecule has 0 aliphatic heterocycles. The van der Waals surface area contributed by atoms with Crippen molar-refractivity contribution < 1.29 is 18.0 Å². The van der Waals surface area contributed by atoms with Crippen LogP contribution in [0.2, 0.25) is 5.02 Å². The van der Waals surface area contributed by atoms with Crippen molar-refractivity contribution in [2.75, 3.05) is 5.32 Å². The van der Waals surface area contributed by atoms with Gasteiger partial charge in [0.15, 0.2) is 5.57 Å². The Bertz CT molecular complexity index is 2340. The summed E-state index contributed by atoms with van der Waals surface area (Å²) in [6, 6.07) is 31.0. The Hall–Kier alpha value is -5.70. The summed E-state index contributed by atoms with van der Waals surface area (Å²) in [4.78, 5) is 27.6. The van der Waals surface area contributed by atoms with Gasteiger partial charge in [0, 0.05) is 17.3 Å². The number of carbonyl (C=O) groups is 1. The number of hydrogen-bond donors (Lipinski definition) is 1. The summed E-state index contributed by atoms with van der Waals surface area (Å²) in [5.74, 6) is -0.950. The SMILES string of the molecule is N#CC(C(=O)Nc1ccccc1Cl)=c1sc(=Cc2cn(-c3ccccc3)nc2-c2ccccc2)c(=O)n1-c1ccccc1C(F)(F)F. The maximum absolute atomic E-state index is 14.2. The Morgan fingerprint density at radius 3 is 2.23 bits per heavy atom. The minimum atomic E-state index is -4.84. The van der Waals surface area contributed by atoms with E-state index < -0.39 is 34.5 Å². The second-order valence-corrected chi connectivity index (χ2v) is 11.5. The lowest BCUT2D eigenvalue weighted by atomic mass is 10.1. The highest BCUT2D eigenvalue weighted by Gasteiger charge is 2.34. The zero-order valence-electron chi connectivity index (χ0n) is 24.1. The normalized spacial score (nSPS) is 12.4. The molecular weight excluding hydrogens is 647 g/mol. The largest absolute Gasteiger partial charge is 0.418 e. The van der Waals surface area contributed by atoms with E-state index in [0.717, 1.165) is 39.3 Å². The lowest BCUT2D eigenvalue weighted by Gasteiger charge is -2.13. The van der Waals surface area contributed by atoms with Crippen LogP contribution in [-0.2, 0) is 11.0 Å². The Balaban J connectivity index is 1.65. The maximum atomic E-state index is 14.2. The number of carbonyl (C=O) groups excluding carboxylic acids is 1. The molecule has 12 heteroatoms. The average molecular weight is 668 g/mol. The van der Waals surface area contributed by atoms with Gasteiger partial charge in [-0.15, -0.1) is 11.3 Å². The summed E-state index contributed by atoms with van der Waals surface area (Å²) < 4.78 is 44.8. The Labute approximate surface area is 274 Å². The lowest BCUT2D eigenvalue weighted by Crippen LogP contribution is -2.33. The molecule has 47 heavy (non-hydrogen) atoms. The van der Waals surface area contributed by atoms with Crippen LogP contribution in [0.25, 0.3) is 34.3 Å². The number of benzene rings is 4. The van der Waals surface area contributed by atoms with Crippen molar-refractivity contribution >= 4 is 46.2 Å². The maximum Gasteiger partial charge on any atom is 0.418 e. The lowest BCUT2D eigenvalue weighted by molar-refractivity contribution is -0.137. The van der Waals surface area contributed by atoms with Crippen molar-refractivity contribution in [1.82, 2.24) is 14.3 Å². The topological polar surface area (TPSA) is 92.7 Å². The molecule has 0 aliphatic rings. The first-order chi connectivity index (χ1) is 22.7. The molecule has 0 bridgehead atoms. The first-order valence-electron chi connectivity index (χ1n) is 14.0. The number of nitrogens with one attached hydrogen (secondary N) is 1. The summed E-state index contributed by atoms with van der Waals surface area (Å²) in [5.41, 5.74) is -0.428. The fourth-order valence-electron chi connectivity index (χ4n) is 4.89. The van der Waals surface area contributed by atoms with Crippen LogP contribution in [0, 0.1) is 11.3 Å². The van der Waals surface area contributed by atoms with Crippen molar-refractivity contribution in [3.63, 3.8) is 0 Å².